The molecule has 0 unspecified atom stereocenters. The van der Waals surface area contributed by atoms with Gasteiger partial charge in [0.25, 0.3) is 0 Å². The van der Waals surface area contributed by atoms with Crippen molar-refractivity contribution in [3.05, 3.63) is 83.1 Å². The summed E-state index contributed by atoms with van der Waals surface area (Å²) in [5, 5.41) is 12.1. The smallest absolute Gasteiger partial charge is 0.234 e. The lowest BCUT2D eigenvalue weighted by atomic mass is 10.1. The van der Waals surface area contributed by atoms with Gasteiger partial charge in [0.15, 0.2) is 11.0 Å². The molecule has 4 aromatic rings. The summed E-state index contributed by atoms with van der Waals surface area (Å²) in [6.45, 7) is 2.01. The van der Waals surface area contributed by atoms with Crippen molar-refractivity contribution >= 4 is 35.0 Å². The van der Waals surface area contributed by atoms with E-state index in [1.165, 1.54) is 23.9 Å². The van der Waals surface area contributed by atoms with E-state index in [9.17, 15) is 9.18 Å². The summed E-state index contributed by atoms with van der Waals surface area (Å²) in [5.41, 5.74) is 3.19. The molecule has 1 amide bonds. The molecule has 168 valence electrons. The molecule has 0 radical (unpaired) electrons. The van der Waals surface area contributed by atoms with Gasteiger partial charge in [0.2, 0.25) is 5.91 Å². The topological polar surface area (TPSA) is 69.0 Å². The molecule has 6 nitrogen and oxygen atoms in total. The predicted octanol–water partition coefficient (Wildman–Crippen LogP) is 5.77. The predicted molar refractivity (Wildman–Crippen MR) is 129 cm³/mol. The summed E-state index contributed by atoms with van der Waals surface area (Å²) in [7, 11) is 1.61. The number of thioether (sulfide) groups is 1. The van der Waals surface area contributed by atoms with E-state index >= 15 is 0 Å². The van der Waals surface area contributed by atoms with E-state index in [1.54, 1.807) is 7.11 Å². The number of nitrogens with zero attached hydrogens (tertiary/aromatic N) is 3. The van der Waals surface area contributed by atoms with Gasteiger partial charge in [-0.25, -0.2) is 4.39 Å². The van der Waals surface area contributed by atoms with Crippen LogP contribution in [0.1, 0.15) is 5.56 Å². The third-order valence-corrected chi connectivity index (χ3v) is 6.02. The summed E-state index contributed by atoms with van der Waals surface area (Å²) < 4.78 is 20.4. The molecule has 0 spiro atoms. The third-order valence-electron chi connectivity index (χ3n) is 4.78. The molecule has 33 heavy (non-hydrogen) atoms. The number of amides is 1. The van der Waals surface area contributed by atoms with Crippen LogP contribution in [0.2, 0.25) is 5.02 Å². The highest BCUT2D eigenvalue weighted by molar-refractivity contribution is 7.99. The lowest BCUT2D eigenvalue weighted by molar-refractivity contribution is -0.113. The maximum atomic E-state index is 13.2. The number of carbonyl (C=O) groups excluding carboxylic acids is 1. The number of hydrogen-bond donors (Lipinski definition) is 1. The summed E-state index contributed by atoms with van der Waals surface area (Å²) >= 11 is 7.24. The summed E-state index contributed by atoms with van der Waals surface area (Å²) in [4.78, 5) is 12.5. The first-order chi connectivity index (χ1) is 15.9. The Balaban J connectivity index is 1.61. The quantitative estimate of drug-likeness (QED) is 0.338. The highest BCUT2D eigenvalue weighted by Crippen LogP contribution is 2.30. The fraction of sp³-hybridized carbons (Fsp3) is 0.125. The lowest BCUT2D eigenvalue weighted by Crippen LogP contribution is -2.15. The first-order valence-electron chi connectivity index (χ1n) is 9.99. The van der Waals surface area contributed by atoms with Gasteiger partial charge in [-0.3, -0.25) is 9.36 Å². The van der Waals surface area contributed by atoms with Crippen LogP contribution < -0.4 is 10.1 Å². The number of halogens is 2. The van der Waals surface area contributed by atoms with Gasteiger partial charge in [-0.1, -0.05) is 47.1 Å². The maximum Gasteiger partial charge on any atom is 0.234 e. The highest BCUT2D eigenvalue weighted by Gasteiger charge is 2.18. The second-order valence-corrected chi connectivity index (χ2v) is 8.52. The Hall–Kier alpha value is -3.36. The van der Waals surface area contributed by atoms with Gasteiger partial charge >= 0.3 is 0 Å². The Labute approximate surface area is 199 Å². The first-order valence-corrected chi connectivity index (χ1v) is 11.4. The van der Waals surface area contributed by atoms with Crippen molar-refractivity contribution in [2.24, 2.45) is 0 Å². The number of hydrogen-bond acceptors (Lipinski definition) is 5. The molecule has 0 aliphatic carbocycles. The van der Waals surface area contributed by atoms with E-state index in [1.807, 2.05) is 60.0 Å². The van der Waals surface area contributed by atoms with Crippen LogP contribution in [0.5, 0.6) is 5.75 Å². The zero-order valence-electron chi connectivity index (χ0n) is 17.9. The molecule has 0 fully saturated rings. The van der Waals surface area contributed by atoms with Crippen LogP contribution in [-0.2, 0) is 4.79 Å². The minimum Gasteiger partial charge on any atom is -0.497 e. The van der Waals surface area contributed by atoms with Crippen LogP contribution in [-0.4, -0.2) is 33.5 Å². The molecule has 0 saturated heterocycles. The number of methoxy groups -OCH3 is 1. The van der Waals surface area contributed by atoms with E-state index in [0.29, 0.717) is 16.7 Å². The van der Waals surface area contributed by atoms with E-state index < -0.39 is 5.82 Å². The Morgan fingerprint density at radius 3 is 2.61 bits per heavy atom. The zero-order valence-corrected chi connectivity index (χ0v) is 19.5. The largest absolute Gasteiger partial charge is 0.497 e. The number of ether oxygens (including phenoxy) is 1. The summed E-state index contributed by atoms with van der Waals surface area (Å²) in [6, 6.07) is 19.3. The average Bonchev–Trinajstić information content (AvgIpc) is 3.23. The highest BCUT2D eigenvalue weighted by atomic mass is 35.5. The standard InChI is InChI=1S/C24H20ClFN4O2S/c1-15-4-3-5-16(12-15)23-28-29-24(30(23)18-7-9-19(32-2)10-8-18)33-14-22(31)27-21-11-6-17(26)13-20(21)25/h3-13H,14H2,1-2H3,(H,27,31). The van der Waals surface area contributed by atoms with Gasteiger partial charge in [0.1, 0.15) is 11.6 Å². The SMILES string of the molecule is COc1ccc(-n2c(SCC(=O)Nc3ccc(F)cc3Cl)nnc2-c2cccc(C)c2)cc1. The molecule has 0 bridgehead atoms. The number of aryl methyl sites for hydroxylation is 1. The van der Waals surface area contributed by atoms with Crippen LogP contribution in [0.3, 0.4) is 0 Å². The van der Waals surface area contributed by atoms with Crippen LogP contribution in [0.4, 0.5) is 10.1 Å². The molecule has 1 N–H and O–H groups in total. The van der Waals surface area contributed by atoms with Crippen molar-refractivity contribution in [3.8, 4) is 22.8 Å². The van der Waals surface area contributed by atoms with E-state index in [2.05, 4.69) is 15.5 Å². The molecule has 3 aromatic carbocycles. The second-order valence-electron chi connectivity index (χ2n) is 7.17. The van der Waals surface area contributed by atoms with Gasteiger partial charge in [-0.05, 0) is 55.5 Å². The molecular weight excluding hydrogens is 463 g/mol. The van der Waals surface area contributed by atoms with Crippen LogP contribution in [0.15, 0.2) is 71.9 Å². The van der Waals surface area contributed by atoms with Gasteiger partial charge in [0, 0.05) is 11.3 Å². The Morgan fingerprint density at radius 2 is 1.91 bits per heavy atom. The van der Waals surface area contributed by atoms with Crippen molar-refractivity contribution in [2.45, 2.75) is 12.1 Å². The number of nitrogens with one attached hydrogen (secondary N) is 1. The number of carbonyl (C=O) groups is 1. The third kappa shape index (κ3) is 5.35. The van der Waals surface area contributed by atoms with E-state index in [0.717, 1.165) is 28.6 Å². The van der Waals surface area contributed by atoms with Crippen molar-refractivity contribution in [1.29, 1.82) is 0 Å². The van der Waals surface area contributed by atoms with Crippen LogP contribution in [0, 0.1) is 12.7 Å². The maximum absolute atomic E-state index is 13.2. The monoisotopic (exact) mass is 482 g/mol. The van der Waals surface area contributed by atoms with Gasteiger partial charge in [-0.2, -0.15) is 0 Å². The minimum absolute atomic E-state index is 0.0653. The van der Waals surface area contributed by atoms with Gasteiger partial charge < -0.3 is 10.1 Å². The number of rotatable bonds is 7. The molecule has 0 aliphatic heterocycles. The van der Waals surface area contributed by atoms with Gasteiger partial charge in [0.05, 0.1) is 23.6 Å². The molecule has 0 saturated carbocycles. The molecule has 4 rings (SSSR count). The van der Waals surface area contributed by atoms with E-state index in [4.69, 9.17) is 16.3 Å². The number of benzene rings is 3. The van der Waals surface area contributed by atoms with Crippen molar-refractivity contribution in [3.63, 3.8) is 0 Å². The minimum atomic E-state index is -0.469. The molecule has 1 heterocycles. The second kappa shape index (κ2) is 10.1. The van der Waals surface area contributed by atoms with E-state index in [-0.39, 0.29) is 16.7 Å². The molecular formula is C24H20ClFN4O2S. The number of anilines is 1. The first kappa shape index (κ1) is 22.8. The lowest BCUT2D eigenvalue weighted by Gasteiger charge is -2.12. The van der Waals surface area contributed by atoms with Crippen LogP contribution >= 0.6 is 23.4 Å². The normalized spacial score (nSPS) is 10.8. The Morgan fingerprint density at radius 1 is 1.12 bits per heavy atom. The van der Waals surface area contributed by atoms with Crippen LogP contribution in [0.25, 0.3) is 17.1 Å². The van der Waals surface area contributed by atoms with Crippen molar-refractivity contribution in [2.75, 3.05) is 18.2 Å². The Bertz CT molecular complexity index is 1290. The van der Waals surface area contributed by atoms with Crippen molar-refractivity contribution in [1.82, 2.24) is 14.8 Å². The molecule has 9 heteroatoms. The average molecular weight is 483 g/mol. The molecule has 1 aromatic heterocycles. The van der Waals surface area contributed by atoms with Gasteiger partial charge in [-0.15, -0.1) is 10.2 Å². The van der Waals surface area contributed by atoms with Crippen molar-refractivity contribution < 1.29 is 13.9 Å². The number of aromatic nitrogens is 3. The fourth-order valence-corrected chi connectivity index (χ4v) is 4.17. The Kier molecular flexibility index (Phi) is 6.96. The summed E-state index contributed by atoms with van der Waals surface area (Å²) in [5.74, 6) is 0.691. The zero-order chi connectivity index (χ0) is 23.4. The molecule has 0 atom stereocenters. The molecule has 0 aliphatic rings. The summed E-state index contributed by atoms with van der Waals surface area (Å²) in [6.07, 6.45) is 0. The fourth-order valence-electron chi connectivity index (χ4n) is 3.21.